The molecule has 0 bridgehead atoms. The van der Waals surface area contributed by atoms with E-state index in [9.17, 15) is 9.59 Å². The molecule has 2 aliphatic rings. The Morgan fingerprint density at radius 2 is 1.63 bits per heavy atom. The zero-order valence-corrected chi connectivity index (χ0v) is 26.9. The number of thioether (sulfide) groups is 1. The van der Waals surface area contributed by atoms with Crippen molar-refractivity contribution in [3.8, 4) is 0 Å². The van der Waals surface area contributed by atoms with Crippen LogP contribution in [-0.2, 0) is 23.4 Å². The predicted octanol–water partition coefficient (Wildman–Crippen LogP) is 6.80. The van der Waals surface area contributed by atoms with Gasteiger partial charge in [-0.15, -0.1) is 11.8 Å². The number of benzene rings is 2. The number of hydrogen-bond acceptors (Lipinski definition) is 7. The largest absolute Gasteiger partial charge is 0.362 e. The molecule has 1 atom stereocenters. The van der Waals surface area contributed by atoms with Crippen LogP contribution in [0.2, 0.25) is 5.02 Å². The van der Waals surface area contributed by atoms with E-state index >= 15 is 0 Å². The number of hydrogen-bond donors (Lipinski definition) is 2. The molecule has 0 aliphatic heterocycles. The molecular formula is C34H42ClN5O2S. The highest BCUT2D eigenvalue weighted by Crippen LogP contribution is 2.30. The topological polar surface area (TPSA) is 87.2 Å². The van der Waals surface area contributed by atoms with E-state index in [1.54, 1.807) is 0 Å². The fourth-order valence-corrected chi connectivity index (χ4v) is 7.10. The van der Waals surface area contributed by atoms with Gasteiger partial charge < -0.3 is 15.5 Å². The van der Waals surface area contributed by atoms with Gasteiger partial charge in [0.1, 0.15) is 5.82 Å². The number of carbonyl (C=O) groups is 2. The lowest BCUT2D eigenvalue weighted by molar-refractivity contribution is -0.121. The summed E-state index contributed by atoms with van der Waals surface area (Å²) in [6.07, 6.45) is 8.18. The molecule has 0 radical (unpaired) electrons. The molecule has 9 heteroatoms. The number of ketones is 1. The van der Waals surface area contributed by atoms with Gasteiger partial charge in [0.25, 0.3) is 0 Å². The monoisotopic (exact) mass is 619 g/mol. The second-order valence-electron chi connectivity index (χ2n) is 12.0. The van der Waals surface area contributed by atoms with Crippen LogP contribution in [-0.4, -0.2) is 53.1 Å². The van der Waals surface area contributed by atoms with Crippen LogP contribution in [0.1, 0.15) is 77.7 Å². The molecule has 7 nitrogen and oxygen atoms in total. The average Bonchev–Trinajstić information content (AvgIpc) is 3.00. The second-order valence-corrected chi connectivity index (χ2v) is 13.6. The molecule has 1 aromatic heterocycles. The highest BCUT2D eigenvalue weighted by Gasteiger charge is 2.29. The van der Waals surface area contributed by atoms with Crippen molar-refractivity contribution >= 4 is 46.8 Å². The quantitative estimate of drug-likeness (QED) is 0.228. The average molecular weight is 620 g/mol. The highest BCUT2D eigenvalue weighted by atomic mass is 35.5. The van der Waals surface area contributed by atoms with Crippen LogP contribution in [0.4, 0.5) is 11.8 Å². The van der Waals surface area contributed by atoms with Crippen molar-refractivity contribution in [1.82, 2.24) is 15.3 Å². The number of nitrogens with zero attached hydrogens (tertiary/aromatic N) is 3. The normalized spacial score (nSPS) is 18.8. The summed E-state index contributed by atoms with van der Waals surface area (Å²) in [4.78, 5) is 38.6. The van der Waals surface area contributed by atoms with E-state index in [0.29, 0.717) is 22.3 Å². The van der Waals surface area contributed by atoms with Gasteiger partial charge in [-0.05, 0) is 76.0 Å². The lowest BCUT2D eigenvalue weighted by atomic mass is 9.91. The van der Waals surface area contributed by atoms with Gasteiger partial charge in [0.05, 0.1) is 10.9 Å². The number of Topliss-reactive ketones (excluding diaryl/α,β-unsaturated/α-hetero) is 1. The Morgan fingerprint density at radius 3 is 2.33 bits per heavy atom. The molecule has 3 aromatic rings. The number of aryl methyl sites for hydroxylation is 2. The number of aromatic nitrogens is 2. The molecule has 1 unspecified atom stereocenters. The maximum Gasteiger partial charge on any atom is 0.233 e. The van der Waals surface area contributed by atoms with Gasteiger partial charge >= 0.3 is 0 Å². The van der Waals surface area contributed by atoms with Gasteiger partial charge in [-0.3, -0.25) is 9.59 Å². The van der Waals surface area contributed by atoms with Crippen LogP contribution >= 0.6 is 23.4 Å². The Bertz CT molecular complexity index is 1410. The van der Waals surface area contributed by atoms with Gasteiger partial charge in [-0.25, -0.2) is 4.98 Å². The number of fused-ring (bicyclic) bond motifs is 1. The predicted molar refractivity (Wildman–Crippen MR) is 177 cm³/mol. The smallest absolute Gasteiger partial charge is 0.233 e. The van der Waals surface area contributed by atoms with E-state index in [2.05, 4.69) is 15.5 Å². The van der Waals surface area contributed by atoms with Gasteiger partial charge in [-0.1, -0.05) is 53.6 Å². The fraction of sp³-hybridized carbons (Fsp3) is 0.471. The molecule has 0 saturated heterocycles. The zero-order chi connectivity index (χ0) is 30.3. The van der Waals surface area contributed by atoms with Crippen molar-refractivity contribution in [1.29, 1.82) is 0 Å². The van der Waals surface area contributed by atoms with Crippen LogP contribution < -0.4 is 15.5 Å². The van der Waals surface area contributed by atoms with Crippen LogP contribution in [0.25, 0.3) is 0 Å². The molecule has 2 aromatic carbocycles. The Hall–Kier alpha value is -3.10. The summed E-state index contributed by atoms with van der Waals surface area (Å²) >= 11 is 7.57. The molecule has 2 aliphatic carbocycles. The van der Waals surface area contributed by atoms with E-state index in [1.807, 2.05) is 69.6 Å². The first-order valence-electron chi connectivity index (χ1n) is 15.3. The summed E-state index contributed by atoms with van der Waals surface area (Å²) in [5, 5.41) is 7.08. The van der Waals surface area contributed by atoms with Crippen molar-refractivity contribution in [2.45, 2.75) is 87.8 Å². The molecule has 0 spiro atoms. The van der Waals surface area contributed by atoms with Crippen molar-refractivity contribution in [3.63, 3.8) is 0 Å². The number of rotatable bonds is 11. The Labute approximate surface area is 264 Å². The molecule has 1 heterocycles. The maximum absolute atomic E-state index is 13.6. The third kappa shape index (κ3) is 8.51. The number of amides is 1. The van der Waals surface area contributed by atoms with Gasteiger partial charge in [0, 0.05) is 54.5 Å². The number of carbonyl (C=O) groups excluding carboxylic acids is 2. The first-order chi connectivity index (χ1) is 20.7. The van der Waals surface area contributed by atoms with Crippen LogP contribution in [0.15, 0.2) is 48.5 Å². The minimum atomic E-state index is -0.478. The molecule has 1 amide bonds. The molecule has 1 fully saturated rings. The number of halogens is 1. The van der Waals surface area contributed by atoms with Crippen LogP contribution in [0, 0.1) is 6.92 Å². The highest BCUT2D eigenvalue weighted by molar-refractivity contribution is 7.99. The molecular weight excluding hydrogens is 578 g/mol. The molecule has 2 N–H and O–H groups in total. The van der Waals surface area contributed by atoms with E-state index in [-0.39, 0.29) is 30.2 Å². The Kier molecular flexibility index (Phi) is 10.6. The van der Waals surface area contributed by atoms with Crippen LogP contribution in [0.3, 0.4) is 0 Å². The molecule has 228 valence electrons. The first-order valence-corrected chi connectivity index (χ1v) is 16.8. The van der Waals surface area contributed by atoms with Gasteiger partial charge in [0.15, 0.2) is 5.78 Å². The summed E-state index contributed by atoms with van der Waals surface area (Å²) in [5.74, 6) is 2.28. The lowest BCUT2D eigenvalue weighted by Crippen LogP contribution is -2.44. The van der Waals surface area contributed by atoms with E-state index < -0.39 is 5.25 Å². The third-order valence-corrected chi connectivity index (χ3v) is 9.93. The van der Waals surface area contributed by atoms with Crippen molar-refractivity contribution in [2.75, 3.05) is 24.3 Å². The number of nitrogens with one attached hydrogen (secondary N) is 2. The summed E-state index contributed by atoms with van der Waals surface area (Å²) in [6.45, 7) is 2.00. The van der Waals surface area contributed by atoms with Crippen LogP contribution in [0.5, 0.6) is 0 Å². The minimum Gasteiger partial charge on any atom is -0.362 e. The molecule has 1 saturated carbocycles. The Balaban J connectivity index is 1.19. The maximum atomic E-state index is 13.6. The third-order valence-electron chi connectivity index (χ3n) is 8.39. The summed E-state index contributed by atoms with van der Waals surface area (Å²) < 4.78 is 0. The van der Waals surface area contributed by atoms with Crippen molar-refractivity contribution < 1.29 is 9.59 Å². The van der Waals surface area contributed by atoms with E-state index in [0.717, 1.165) is 55.5 Å². The second kappa shape index (κ2) is 14.6. The Morgan fingerprint density at radius 1 is 0.953 bits per heavy atom. The zero-order valence-electron chi connectivity index (χ0n) is 25.4. The molecule has 5 rings (SSSR count). The van der Waals surface area contributed by atoms with E-state index in [4.69, 9.17) is 21.6 Å². The molecule has 43 heavy (non-hydrogen) atoms. The first kappa shape index (κ1) is 31.3. The fourth-order valence-electron chi connectivity index (χ4n) is 5.90. The SMILES string of the molecule is Cc1ccc(C(=O)CC(SCc2ccc(Cl)cc2)C(=O)N[C@H]2CC[C@@H](Nc3nc4c(c(N(C)C)n3)CCCC4)CC2)cc1. The summed E-state index contributed by atoms with van der Waals surface area (Å²) in [7, 11) is 4.09. The lowest BCUT2D eigenvalue weighted by Gasteiger charge is -2.31. The summed E-state index contributed by atoms with van der Waals surface area (Å²) in [6, 6.07) is 15.6. The van der Waals surface area contributed by atoms with Crippen molar-refractivity contribution in [3.05, 3.63) is 81.5 Å². The summed E-state index contributed by atoms with van der Waals surface area (Å²) in [5.41, 5.74) is 5.28. The standard InChI is InChI=1S/C34H42ClN5O2S/c1-22-8-12-24(13-9-22)30(41)20-31(43-21-23-10-14-25(35)15-11-23)33(42)36-26-16-18-27(19-17-26)37-34-38-29-7-5-4-6-28(29)32(39-34)40(2)3/h8-15,26-27,31H,4-7,16-21H2,1-3H3,(H,36,42)(H,37,38,39)/t26-,27+,31?. The minimum absolute atomic E-state index is 0.0150. The van der Waals surface area contributed by atoms with Gasteiger partial charge in [-0.2, -0.15) is 4.98 Å². The van der Waals surface area contributed by atoms with Crippen molar-refractivity contribution in [2.24, 2.45) is 0 Å². The number of anilines is 2. The van der Waals surface area contributed by atoms with E-state index in [1.165, 1.54) is 35.9 Å². The van der Waals surface area contributed by atoms with Gasteiger partial charge in [0.2, 0.25) is 11.9 Å².